The number of nitrogens with two attached hydrogens (primary N) is 1. The Balaban J connectivity index is 2.16. The summed E-state index contributed by atoms with van der Waals surface area (Å²) in [5.74, 6) is -0.486. The summed E-state index contributed by atoms with van der Waals surface area (Å²) in [4.78, 5) is 22.3. The molecule has 0 atom stereocenters. The van der Waals surface area contributed by atoms with Gasteiger partial charge in [0.05, 0.1) is 26.2 Å². The van der Waals surface area contributed by atoms with Gasteiger partial charge in [-0.3, -0.25) is 14.9 Å². The first kappa shape index (κ1) is 16.8. The zero-order valence-corrected chi connectivity index (χ0v) is 13.1. The molecule has 118 valence electrons. The second-order valence-electron chi connectivity index (χ2n) is 4.49. The summed E-state index contributed by atoms with van der Waals surface area (Å²) in [6.07, 6.45) is 2.54. The minimum absolute atomic E-state index is 0.0878. The van der Waals surface area contributed by atoms with Crippen molar-refractivity contribution < 1.29 is 9.72 Å². The van der Waals surface area contributed by atoms with Crippen LogP contribution in [0.15, 0.2) is 42.5 Å². The number of hydrogen-bond acceptors (Lipinski definition) is 4. The lowest BCUT2D eigenvalue weighted by molar-refractivity contribution is -0.385. The van der Waals surface area contributed by atoms with E-state index in [1.807, 2.05) is 0 Å². The number of nitrogens with zero attached hydrogens (tertiary/aromatic N) is 1. The highest BCUT2D eigenvalue weighted by Gasteiger charge is 2.10. The van der Waals surface area contributed by atoms with Gasteiger partial charge in [-0.15, -0.1) is 0 Å². The number of hydrogen-bond donors (Lipinski definition) is 2. The molecule has 6 nitrogen and oxygen atoms in total. The molecule has 2 aromatic carbocycles. The van der Waals surface area contributed by atoms with Crippen molar-refractivity contribution in [3.05, 3.63) is 68.2 Å². The summed E-state index contributed by atoms with van der Waals surface area (Å²) in [7, 11) is 0. The van der Waals surface area contributed by atoms with Crippen molar-refractivity contribution in [2.24, 2.45) is 0 Å². The van der Waals surface area contributed by atoms with Gasteiger partial charge in [-0.1, -0.05) is 35.3 Å². The van der Waals surface area contributed by atoms with E-state index in [9.17, 15) is 14.9 Å². The Hall–Kier alpha value is -2.57. The largest absolute Gasteiger partial charge is 0.396 e. The molecule has 0 radical (unpaired) electrons. The average Bonchev–Trinajstić information content (AvgIpc) is 2.50. The first-order valence-electron chi connectivity index (χ1n) is 6.35. The fourth-order valence-electron chi connectivity index (χ4n) is 1.80. The summed E-state index contributed by atoms with van der Waals surface area (Å²) in [5.41, 5.74) is 6.43. The van der Waals surface area contributed by atoms with Crippen LogP contribution < -0.4 is 11.1 Å². The van der Waals surface area contributed by atoms with Crippen LogP contribution in [0.2, 0.25) is 10.0 Å². The third kappa shape index (κ3) is 4.21. The SMILES string of the molecule is Nc1c(Cl)cc(NC(=O)/C=C/c2ccccc2[N+](=O)[O-])cc1Cl. The number of para-hydroxylation sites is 1. The summed E-state index contributed by atoms with van der Waals surface area (Å²) >= 11 is 11.8. The molecule has 0 saturated carbocycles. The van der Waals surface area contributed by atoms with Crippen LogP contribution in [-0.2, 0) is 4.79 Å². The Kier molecular flexibility index (Phi) is 5.20. The van der Waals surface area contributed by atoms with Crippen molar-refractivity contribution in [3.8, 4) is 0 Å². The van der Waals surface area contributed by atoms with Crippen LogP contribution in [0.25, 0.3) is 6.08 Å². The van der Waals surface area contributed by atoms with E-state index in [1.165, 1.54) is 30.4 Å². The fourth-order valence-corrected chi connectivity index (χ4v) is 2.29. The number of nitro benzene ring substituents is 1. The van der Waals surface area contributed by atoms with Crippen molar-refractivity contribution in [1.82, 2.24) is 0 Å². The second-order valence-corrected chi connectivity index (χ2v) is 5.31. The van der Waals surface area contributed by atoms with E-state index in [4.69, 9.17) is 28.9 Å². The Labute approximate surface area is 141 Å². The number of rotatable bonds is 4. The third-order valence-corrected chi connectivity index (χ3v) is 3.52. The number of nitro groups is 1. The van der Waals surface area contributed by atoms with Gasteiger partial charge in [-0.25, -0.2) is 0 Å². The van der Waals surface area contributed by atoms with Gasteiger partial charge in [-0.2, -0.15) is 0 Å². The predicted molar refractivity (Wildman–Crippen MR) is 91.6 cm³/mol. The van der Waals surface area contributed by atoms with E-state index >= 15 is 0 Å². The Morgan fingerprint density at radius 1 is 1.22 bits per heavy atom. The number of nitrogens with one attached hydrogen (secondary N) is 1. The molecule has 0 unspecified atom stereocenters. The fraction of sp³-hybridized carbons (Fsp3) is 0. The van der Waals surface area contributed by atoms with E-state index in [-0.39, 0.29) is 21.4 Å². The maximum atomic E-state index is 11.9. The smallest absolute Gasteiger partial charge is 0.276 e. The molecule has 3 N–H and O–H groups in total. The van der Waals surface area contributed by atoms with Gasteiger partial charge in [0.25, 0.3) is 5.69 Å². The molecule has 8 heteroatoms. The molecular weight excluding hydrogens is 341 g/mol. The van der Waals surface area contributed by atoms with Crippen LogP contribution in [0.3, 0.4) is 0 Å². The quantitative estimate of drug-likeness (QED) is 0.374. The number of nitrogen functional groups attached to an aromatic ring is 1. The van der Waals surface area contributed by atoms with Gasteiger partial charge < -0.3 is 11.1 Å². The van der Waals surface area contributed by atoms with Crippen molar-refractivity contribution >= 4 is 52.2 Å². The highest BCUT2D eigenvalue weighted by Crippen LogP contribution is 2.31. The van der Waals surface area contributed by atoms with Crippen molar-refractivity contribution in [1.29, 1.82) is 0 Å². The summed E-state index contributed by atoms with van der Waals surface area (Å²) < 4.78 is 0. The standard InChI is InChI=1S/C15H11Cl2N3O3/c16-11-7-10(8-12(17)15(11)18)19-14(21)6-5-9-3-1-2-4-13(9)20(22)23/h1-8H,18H2,(H,19,21)/b6-5+. The van der Waals surface area contributed by atoms with Crippen LogP contribution in [0, 0.1) is 10.1 Å². The lowest BCUT2D eigenvalue weighted by atomic mass is 10.1. The molecule has 0 heterocycles. The van der Waals surface area contributed by atoms with Crippen LogP contribution in [0.5, 0.6) is 0 Å². The highest BCUT2D eigenvalue weighted by atomic mass is 35.5. The topological polar surface area (TPSA) is 98.3 Å². The normalized spacial score (nSPS) is 10.7. The van der Waals surface area contributed by atoms with E-state index < -0.39 is 10.8 Å². The molecule has 2 aromatic rings. The molecule has 0 aliphatic carbocycles. The molecule has 0 aromatic heterocycles. The van der Waals surface area contributed by atoms with Gasteiger partial charge in [0.1, 0.15) is 0 Å². The van der Waals surface area contributed by atoms with Crippen molar-refractivity contribution in [2.45, 2.75) is 0 Å². The van der Waals surface area contributed by atoms with Gasteiger partial charge >= 0.3 is 0 Å². The van der Waals surface area contributed by atoms with Crippen LogP contribution >= 0.6 is 23.2 Å². The second kappa shape index (κ2) is 7.13. The highest BCUT2D eigenvalue weighted by molar-refractivity contribution is 6.39. The average molecular weight is 352 g/mol. The predicted octanol–water partition coefficient (Wildman–Crippen LogP) is 4.14. The number of carbonyl (C=O) groups excluding carboxylic acids is 1. The summed E-state index contributed by atoms with van der Waals surface area (Å²) in [5, 5.41) is 13.9. The number of amides is 1. The molecule has 2 rings (SSSR count). The zero-order chi connectivity index (χ0) is 17.0. The third-order valence-electron chi connectivity index (χ3n) is 2.89. The van der Waals surface area contributed by atoms with Crippen LogP contribution in [0.4, 0.5) is 17.1 Å². The van der Waals surface area contributed by atoms with Crippen molar-refractivity contribution in [3.63, 3.8) is 0 Å². The monoisotopic (exact) mass is 351 g/mol. The van der Waals surface area contributed by atoms with Crippen LogP contribution in [-0.4, -0.2) is 10.8 Å². The van der Waals surface area contributed by atoms with E-state index in [0.717, 1.165) is 0 Å². The molecule has 0 saturated heterocycles. The van der Waals surface area contributed by atoms with Crippen LogP contribution in [0.1, 0.15) is 5.56 Å². The molecule has 0 fully saturated rings. The van der Waals surface area contributed by atoms with E-state index in [2.05, 4.69) is 5.32 Å². The molecule has 0 aliphatic rings. The molecule has 0 aliphatic heterocycles. The molecule has 23 heavy (non-hydrogen) atoms. The lowest BCUT2D eigenvalue weighted by Crippen LogP contribution is -2.08. The van der Waals surface area contributed by atoms with Gasteiger partial charge in [0.2, 0.25) is 5.91 Å². The Morgan fingerprint density at radius 3 is 2.43 bits per heavy atom. The summed E-state index contributed by atoms with van der Waals surface area (Å²) in [6.45, 7) is 0. The van der Waals surface area contributed by atoms with Gasteiger partial charge in [0, 0.05) is 17.8 Å². The Bertz CT molecular complexity index is 783. The van der Waals surface area contributed by atoms with Gasteiger partial charge in [-0.05, 0) is 24.3 Å². The van der Waals surface area contributed by atoms with E-state index in [0.29, 0.717) is 11.3 Å². The maximum absolute atomic E-state index is 11.9. The zero-order valence-electron chi connectivity index (χ0n) is 11.6. The number of benzene rings is 2. The van der Waals surface area contributed by atoms with Crippen molar-refractivity contribution in [2.75, 3.05) is 11.1 Å². The molecule has 0 spiro atoms. The number of carbonyl (C=O) groups is 1. The minimum atomic E-state index is -0.517. The minimum Gasteiger partial charge on any atom is -0.396 e. The first-order valence-corrected chi connectivity index (χ1v) is 7.11. The summed E-state index contributed by atoms with van der Waals surface area (Å²) in [6, 6.07) is 9.01. The maximum Gasteiger partial charge on any atom is 0.276 e. The number of anilines is 2. The molecular formula is C15H11Cl2N3O3. The molecule has 1 amide bonds. The lowest BCUT2D eigenvalue weighted by Gasteiger charge is -2.06. The molecule has 0 bridgehead atoms. The first-order chi connectivity index (χ1) is 10.9. The van der Waals surface area contributed by atoms with Gasteiger partial charge in [0.15, 0.2) is 0 Å². The number of halogens is 2. The Morgan fingerprint density at radius 2 is 1.83 bits per heavy atom. The van der Waals surface area contributed by atoms with E-state index in [1.54, 1.807) is 18.2 Å².